The molecule has 2 aromatic carbocycles. The summed E-state index contributed by atoms with van der Waals surface area (Å²) in [5.74, 6) is -0.0913. The first-order valence-electron chi connectivity index (χ1n) is 8.35. The minimum atomic E-state index is -0.126. The predicted octanol–water partition coefficient (Wildman–Crippen LogP) is 2.90. The Bertz CT molecular complexity index is 699. The maximum absolute atomic E-state index is 12.2. The number of anilines is 1. The molecule has 0 spiro atoms. The maximum atomic E-state index is 12.2. The lowest BCUT2D eigenvalue weighted by molar-refractivity contribution is -0.121. The zero-order valence-corrected chi connectivity index (χ0v) is 15.0. The molecule has 0 aliphatic rings. The Balaban J connectivity index is 1.93. The summed E-state index contributed by atoms with van der Waals surface area (Å²) in [6.45, 7) is 2.75. The number of hydrogen-bond donors (Lipinski definition) is 2. The lowest BCUT2D eigenvalue weighted by Gasteiger charge is -2.24. The number of carbonyl (C=O) groups is 2. The van der Waals surface area contributed by atoms with Crippen LogP contribution in [0.3, 0.4) is 0 Å². The van der Waals surface area contributed by atoms with E-state index in [9.17, 15) is 9.59 Å². The smallest absolute Gasteiger partial charge is 0.255 e. The van der Waals surface area contributed by atoms with Crippen molar-refractivity contribution in [1.29, 1.82) is 0 Å². The van der Waals surface area contributed by atoms with E-state index in [0.29, 0.717) is 12.0 Å². The molecule has 0 saturated heterocycles. The van der Waals surface area contributed by atoms with Crippen LogP contribution in [-0.4, -0.2) is 36.9 Å². The maximum Gasteiger partial charge on any atom is 0.255 e. The molecule has 0 radical (unpaired) electrons. The largest absolute Gasteiger partial charge is 0.359 e. The van der Waals surface area contributed by atoms with E-state index in [1.165, 1.54) is 0 Å². The van der Waals surface area contributed by atoms with Crippen molar-refractivity contribution in [2.24, 2.45) is 0 Å². The Labute approximate surface area is 149 Å². The number of carbonyl (C=O) groups excluding carboxylic acids is 2. The van der Waals surface area contributed by atoms with E-state index < -0.39 is 0 Å². The number of rotatable bonds is 7. The Morgan fingerprint density at radius 3 is 2.28 bits per heavy atom. The van der Waals surface area contributed by atoms with Gasteiger partial charge in [0.05, 0.1) is 0 Å². The summed E-state index contributed by atoms with van der Waals surface area (Å²) in [7, 11) is 3.64. The Morgan fingerprint density at radius 1 is 1.04 bits per heavy atom. The van der Waals surface area contributed by atoms with Gasteiger partial charge in [0.1, 0.15) is 0 Å². The average Bonchev–Trinajstić information content (AvgIpc) is 2.62. The van der Waals surface area contributed by atoms with E-state index in [0.717, 1.165) is 17.8 Å². The van der Waals surface area contributed by atoms with Crippen molar-refractivity contribution in [2.75, 3.05) is 19.4 Å². The van der Waals surface area contributed by atoms with Crippen LogP contribution < -0.4 is 10.6 Å². The molecule has 0 saturated carbocycles. The van der Waals surface area contributed by atoms with Crippen molar-refractivity contribution < 1.29 is 9.59 Å². The number of amides is 2. The van der Waals surface area contributed by atoms with Gasteiger partial charge in [-0.15, -0.1) is 0 Å². The fraction of sp³-hybridized carbons (Fsp3) is 0.300. The lowest BCUT2D eigenvalue weighted by atomic mass is 10.1. The van der Waals surface area contributed by atoms with Gasteiger partial charge >= 0.3 is 0 Å². The summed E-state index contributed by atoms with van der Waals surface area (Å²) in [6.07, 6.45) is 0.463. The topological polar surface area (TPSA) is 61.4 Å². The first-order valence-corrected chi connectivity index (χ1v) is 8.35. The highest BCUT2D eigenvalue weighted by molar-refractivity contribution is 6.04. The molecule has 5 nitrogen and oxygen atoms in total. The predicted molar refractivity (Wildman–Crippen MR) is 100 cm³/mol. The third-order valence-corrected chi connectivity index (χ3v) is 4.19. The van der Waals surface area contributed by atoms with Crippen molar-refractivity contribution in [1.82, 2.24) is 10.2 Å². The molecule has 0 heterocycles. The number of hydrogen-bond acceptors (Lipinski definition) is 3. The van der Waals surface area contributed by atoms with Gasteiger partial charge in [0, 0.05) is 37.3 Å². The van der Waals surface area contributed by atoms with Crippen LogP contribution in [0.5, 0.6) is 0 Å². The minimum Gasteiger partial charge on any atom is -0.359 e. The van der Waals surface area contributed by atoms with E-state index in [-0.39, 0.29) is 17.9 Å². The van der Waals surface area contributed by atoms with Crippen LogP contribution in [0, 0.1) is 0 Å². The molecule has 2 aromatic rings. The fourth-order valence-electron chi connectivity index (χ4n) is 2.46. The second kappa shape index (κ2) is 8.99. The normalized spacial score (nSPS) is 11.8. The summed E-state index contributed by atoms with van der Waals surface area (Å²) in [4.78, 5) is 25.8. The number of para-hydroxylation sites is 1. The highest BCUT2D eigenvalue weighted by atomic mass is 16.2. The van der Waals surface area contributed by atoms with Crippen LogP contribution in [0.25, 0.3) is 0 Å². The third-order valence-electron chi connectivity index (χ3n) is 4.19. The highest BCUT2D eigenvalue weighted by Gasteiger charge is 2.13. The summed E-state index contributed by atoms with van der Waals surface area (Å²) in [5.41, 5.74) is 2.50. The SMILES string of the molecule is CNC(=O)C[C@H](C)N(C)Cc1ccc(C(=O)Nc2ccccc2)cc1. The minimum absolute atomic E-state index is 0.0345. The molecule has 0 fully saturated rings. The van der Waals surface area contributed by atoms with Crippen molar-refractivity contribution in [3.05, 3.63) is 65.7 Å². The first kappa shape index (κ1) is 18.7. The molecule has 132 valence electrons. The number of nitrogens with one attached hydrogen (secondary N) is 2. The van der Waals surface area contributed by atoms with E-state index in [1.807, 2.05) is 68.6 Å². The molecule has 2 amide bonds. The molecule has 5 heteroatoms. The Kier molecular flexibility index (Phi) is 6.71. The van der Waals surface area contributed by atoms with E-state index in [1.54, 1.807) is 7.05 Å². The molecule has 1 atom stereocenters. The number of benzene rings is 2. The van der Waals surface area contributed by atoms with Gasteiger partial charge in [0.2, 0.25) is 5.91 Å². The van der Waals surface area contributed by atoms with Crippen LogP contribution in [0.4, 0.5) is 5.69 Å². The van der Waals surface area contributed by atoms with Gasteiger partial charge in [0.15, 0.2) is 0 Å². The van der Waals surface area contributed by atoms with Gasteiger partial charge in [-0.2, -0.15) is 0 Å². The second-order valence-electron chi connectivity index (χ2n) is 6.16. The van der Waals surface area contributed by atoms with Crippen LogP contribution in [-0.2, 0) is 11.3 Å². The summed E-state index contributed by atoms with van der Waals surface area (Å²) < 4.78 is 0. The molecular weight excluding hydrogens is 314 g/mol. The zero-order valence-electron chi connectivity index (χ0n) is 15.0. The zero-order chi connectivity index (χ0) is 18.2. The molecule has 0 aliphatic carbocycles. The second-order valence-corrected chi connectivity index (χ2v) is 6.16. The van der Waals surface area contributed by atoms with Gasteiger partial charge < -0.3 is 10.6 Å². The standard InChI is InChI=1S/C20H25N3O2/c1-15(13-19(24)21-2)23(3)14-16-9-11-17(12-10-16)20(25)22-18-7-5-4-6-8-18/h4-12,15H,13-14H2,1-3H3,(H,21,24)(H,22,25)/t15-/m0/s1. The molecule has 0 aliphatic heterocycles. The molecule has 0 unspecified atom stereocenters. The average molecular weight is 339 g/mol. The van der Waals surface area contributed by atoms with Crippen LogP contribution in [0.15, 0.2) is 54.6 Å². The van der Waals surface area contributed by atoms with Gasteiger partial charge in [0.25, 0.3) is 5.91 Å². The summed E-state index contributed by atoms with van der Waals surface area (Å²) in [6, 6.07) is 17.1. The van der Waals surface area contributed by atoms with Gasteiger partial charge in [-0.1, -0.05) is 30.3 Å². The van der Waals surface area contributed by atoms with E-state index in [4.69, 9.17) is 0 Å². The molecule has 2 N–H and O–H groups in total. The summed E-state index contributed by atoms with van der Waals surface area (Å²) >= 11 is 0. The van der Waals surface area contributed by atoms with Crippen molar-refractivity contribution in [2.45, 2.75) is 25.9 Å². The van der Waals surface area contributed by atoms with Crippen LogP contribution in [0.1, 0.15) is 29.3 Å². The van der Waals surface area contributed by atoms with Gasteiger partial charge in [-0.05, 0) is 43.8 Å². The first-order chi connectivity index (χ1) is 12.0. The molecule has 2 rings (SSSR count). The van der Waals surface area contributed by atoms with Gasteiger partial charge in [-0.3, -0.25) is 14.5 Å². The van der Waals surface area contributed by atoms with Crippen LogP contribution >= 0.6 is 0 Å². The van der Waals surface area contributed by atoms with Crippen molar-refractivity contribution in [3.8, 4) is 0 Å². The summed E-state index contributed by atoms with van der Waals surface area (Å²) in [5, 5.41) is 5.52. The van der Waals surface area contributed by atoms with E-state index >= 15 is 0 Å². The number of nitrogens with zero attached hydrogens (tertiary/aromatic N) is 1. The Morgan fingerprint density at radius 2 is 1.68 bits per heavy atom. The highest BCUT2D eigenvalue weighted by Crippen LogP contribution is 2.12. The van der Waals surface area contributed by atoms with Gasteiger partial charge in [-0.25, -0.2) is 0 Å². The quantitative estimate of drug-likeness (QED) is 0.815. The fourth-order valence-corrected chi connectivity index (χ4v) is 2.46. The third kappa shape index (κ3) is 5.72. The lowest BCUT2D eigenvalue weighted by Crippen LogP contribution is -2.33. The van der Waals surface area contributed by atoms with E-state index in [2.05, 4.69) is 15.5 Å². The van der Waals surface area contributed by atoms with Crippen molar-refractivity contribution in [3.63, 3.8) is 0 Å². The van der Waals surface area contributed by atoms with Crippen LogP contribution in [0.2, 0.25) is 0 Å². The van der Waals surface area contributed by atoms with Crippen molar-refractivity contribution >= 4 is 17.5 Å². The molecular formula is C20H25N3O2. The molecule has 25 heavy (non-hydrogen) atoms. The Hall–Kier alpha value is -2.66. The molecule has 0 bridgehead atoms. The monoisotopic (exact) mass is 339 g/mol. The molecule has 0 aromatic heterocycles.